The summed E-state index contributed by atoms with van der Waals surface area (Å²) in [7, 11) is 4.14. The molecular weight excluding hydrogens is 256 g/mol. The van der Waals surface area contributed by atoms with Gasteiger partial charge in [-0.05, 0) is 32.5 Å². The first-order valence-electron chi connectivity index (χ1n) is 6.75. The standard InChI is InChI=1S/C15H22N2OS/c1-16(2)13-8-9-17(11-13)15(18)14(19)10-12-6-4-3-5-7-12/h3-7,13-14,19H,8-11H2,1-2H3. The summed E-state index contributed by atoms with van der Waals surface area (Å²) in [6.07, 6.45) is 1.76. The fourth-order valence-corrected chi connectivity index (χ4v) is 2.87. The van der Waals surface area contributed by atoms with Crippen molar-refractivity contribution in [1.82, 2.24) is 9.80 Å². The summed E-state index contributed by atoms with van der Waals surface area (Å²) >= 11 is 4.49. The molecule has 1 aliphatic heterocycles. The zero-order valence-corrected chi connectivity index (χ0v) is 12.5. The Bertz CT molecular complexity index is 421. The molecule has 1 aromatic carbocycles. The van der Waals surface area contributed by atoms with Gasteiger partial charge in [0.2, 0.25) is 5.91 Å². The van der Waals surface area contributed by atoms with Crippen LogP contribution in [0.5, 0.6) is 0 Å². The number of hydrogen-bond acceptors (Lipinski definition) is 3. The normalized spacial score (nSPS) is 20.8. The number of benzene rings is 1. The monoisotopic (exact) mass is 278 g/mol. The van der Waals surface area contributed by atoms with Gasteiger partial charge >= 0.3 is 0 Å². The van der Waals surface area contributed by atoms with E-state index in [0.717, 1.165) is 19.5 Å². The van der Waals surface area contributed by atoms with Crippen molar-refractivity contribution >= 4 is 18.5 Å². The zero-order valence-electron chi connectivity index (χ0n) is 11.6. The van der Waals surface area contributed by atoms with Crippen LogP contribution in [0.4, 0.5) is 0 Å². The Kier molecular flexibility index (Phi) is 4.88. The van der Waals surface area contributed by atoms with Gasteiger partial charge < -0.3 is 9.80 Å². The Labute approximate surface area is 121 Å². The predicted molar refractivity (Wildman–Crippen MR) is 81.6 cm³/mol. The summed E-state index contributed by atoms with van der Waals surface area (Å²) in [5.74, 6) is 0.163. The van der Waals surface area contributed by atoms with Crippen molar-refractivity contribution in [2.75, 3.05) is 27.2 Å². The third-order valence-electron chi connectivity index (χ3n) is 3.76. The van der Waals surface area contributed by atoms with E-state index in [1.165, 1.54) is 5.56 Å². The lowest BCUT2D eigenvalue weighted by Crippen LogP contribution is -2.38. The lowest BCUT2D eigenvalue weighted by molar-refractivity contribution is -0.129. The molecule has 1 amide bonds. The molecule has 1 aliphatic rings. The first kappa shape index (κ1) is 14.4. The van der Waals surface area contributed by atoms with E-state index >= 15 is 0 Å². The van der Waals surface area contributed by atoms with E-state index in [1.807, 2.05) is 35.2 Å². The van der Waals surface area contributed by atoms with Gasteiger partial charge in [-0.15, -0.1) is 0 Å². The van der Waals surface area contributed by atoms with Crippen molar-refractivity contribution in [3.63, 3.8) is 0 Å². The molecule has 2 atom stereocenters. The fraction of sp³-hybridized carbons (Fsp3) is 0.533. The Morgan fingerprint density at radius 3 is 2.68 bits per heavy atom. The van der Waals surface area contributed by atoms with Crippen LogP contribution in [0.2, 0.25) is 0 Å². The number of nitrogens with zero attached hydrogens (tertiary/aromatic N) is 2. The molecule has 104 valence electrons. The maximum absolute atomic E-state index is 12.3. The molecule has 1 saturated heterocycles. The van der Waals surface area contributed by atoms with Crippen LogP contribution < -0.4 is 0 Å². The van der Waals surface area contributed by atoms with Crippen LogP contribution in [-0.2, 0) is 11.2 Å². The van der Waals surface area contributed by atoms with Gasteiger partial charge in [0.1, 0.15) is 0 Å². The summed E-state index contributed by atoms with van der Waals surface area (Å²) in [4.78, 5) is 16.5. The average molecular weight is 278 g/mol. The van der Waals surface area contributed by atoms with E-state index < -0.39 is 0 Å². The van der Waals surface area contributed by atoms with Gasteiger partial charge in [0, 0.05) is 19.1 Å². The van der Waals surface area contributed by atoms with E-state index in [-0.39, 0.29) is 11.2 Å². The van der Waals surface area contributed by atoms with Crippen molar-refractivity contribution in [3.05, 3.63) is 35.9 Å². The van der Waals surface area contributed by atoms with Gasteiger partial charge in [-0.1, -0.05) is 30.3 Å². The summed E-state index contributed by atoms with van der Waals surface area (Å²) in [5, 5.41) is -0.233. The molecule has 0 spiro atoms. The summed E-state index contributed by atoms with van der Waals surface area (Å²) in [6, 6.07) is 10.6. The molecule has 0 radical (unpaired) electrons. The van der Waals surface area contributed by atoms with Crippen LogP contribution in [-0.4, -0.2) is 54.2 Å². The number of amides is 1. The zero-order chi connectivity index (χ0) is 13.8. The van der Waals surface area contributed by atoms with Crippen LogP contribution in [0.15, 0.2) is 30.3 Å². The maximum atomic E-state index is 12.3. The molecule has 0 bridgehead atoms. The Morgan fingerprint density at radius 1 is 1.42 bits per heavy atom. The highest BCUT2D eigenvalue weighted by Gasteiger charge is 2.30. The molecule has 1 aromatic rings. The predicted octanol–water partition coefficient (Wildman–Crippen LogP) is 1.69. The van der Waals surface area contributed by atoms with Crippen molar-refractivity contribution in [2.45, 2.75) is 24.1 Å². The summed E-state index contributed by atoms with van der Waals surface area (Å²) in [5.41, 5.74) is 1.17. The minimum absolute atomic E-state index is 0.163. The van der Waals surface area contributed by atoms with Gasteiger partial charge in [-0.3, -0.25) is 4.79 Å². The number of hydrogen-bond donors (Lipinski definition) is 1. The topological polar surface area (TPSA) is 23.6 Å². The molecule has 2 rings (SSSR count). The minimum Gasteiger partial charge on any atom is -0.340 e. The lowest BCUT2D eigenvalue weighted by atomic mass is 10.1. The van der Waals surface area contributed by atoms with Crippen LogP contribution >= 0.6 is 12.6 Å². The first-order valence-corrected chi connectivity index (χ1v) is 7.27. The van der Waals surface area contributed by atoms with Crippen molar-refractivity contribution in [1.29, 1.82) is 0 Å². The van der Waals surface area contributed by atoms with Gasteiger partial charge in [0.05, 0.1) is 5.25 Å². The molecule has 1 fully saturated rings. The Morgan fingerprint density at radius 2 is 2.11 bits per heavy atom. The lowest BCUT2D eigenvalue weighted by Gasteiger charge is -2.22. The van der Waals surface area contributed by atoms with E-state index in [4.69, 9.17) is 0 Å². The van der Waals surface area contributed by atoms with Crippen LogP contribution in [0.25, 0.3) is 0 Å². The second-order valence-electron chi connectivity index (χ2n) is 5.40. The highest BCUT2D eigenvalue weighted by molar-refractivity contribution is 7.81. The van der Waals surface area contributed by atoms with Gasteiger partial charge in [-0.2, -0.15) is 12.6 Å². The maximum Gasteiger partial charge on any atom is 0.235 e. The second-order valence-corrected chi connectivity index (χ2v) is 6.02. The second kappa shape index (κ2) is 6.44. The van der Waals surface area contributed by atoms with Crippen molar-refractivity contribution < 1.29 is 4.79 Å². The molecule has 0 aromatic heterocycles. The fourth-order valence-electron chi connectivity index (χ4n) is 2.50. The number of carbonyl (C=O) groups excluding carboxylic acids is 1. The van der Waals surface area contributed by atoms with Crippen molar-refractivity contribution in [2.24, 2.45) is 0 Å². The quantitative estimate of drug-likeness (QED) is 0.847. The number of likely N-dealkylation sites (tertiary alicyclic amines) is 1. The highest BCUT2D eigenvalue weighted by atomic mass is 32.1. The molecule has 2 unspecified atom stereocenters. The van der Waals surface area contributed by atoms with E-state index in [2.05, 4.69) is 31.6 Å². The number of likely N-dealkylation sites (N-methyl/N-ethyl adjacent to an activating group) is 1. The number of carbonyl (C=O) groups is 1. The van der Waals surface area contributed by atoms with Crippen LogP contribution in [0.1, 0.15) is 12.0 Å². The smallest absolute Gasteiger partial charge is 0.235 e. The largest absolute Gasteiger partial charge is 0.340 e. The Hall–Kier alpha value is -1.00. The van der Waals surface area contributed by atoms with E-state index in [1.54, 1.807) is 0 Å². The minimum atomic E-state index is -0.233. The third-order valence-corrected chi connectivity index (χ3v) is 4.17. The molecule has 0 saturated carbocycles. The van der Waals surface area contributed by atoms with E-state index in [9.17, 15) is 4.79 Å². The number of thiol groups is 1. The molecule has 1 heterocycles. The SMILES string of the molecule is CN(C)C1CCN(C(=O)C(S)Cc2ccccc2)C1. The molecule has 0 aliphatic carbocycles. The summed E-state index contributed by atoms with van der Waals surface area (Å²) in [6.45, 7) is 1.69. The van der Waals surface area contributed by atoms with Gasteiger partial charge in [-0.25, -0.2) is 0 Å². The molecule has 19 heavy (non-hydrogen) atoms. The number of rotatable bonds is 4. The van der Waals surface area contributed by atoms with Gasteiger partial charge in [0.25, 0.3) is 0 Å². The summed E-state index contributed by atoms with van der Waals surface area (Å²) < 4.78 is 0. The Balaban J connectivity index is 1.90. The highest BCUT2D eigenvalue weighted by Crippen LogP contribution is 2.17. The van der Waals surface area contributed by atoms with Crippen LogP contribution in [0.3, 0.4) is 0 Å². The van der Waals surface area contributed by atoms with Crippen LogP contribution in [0, 0.1) is 0 Å². The first-order chi connectivity index (χ1) is 9.08. The molecule has 0 N–H and O–H groups in total. The average Bonchev–Trinajstić information content (AvgIpc) is 2.88. The molecule has 3 nitrogen and oxygen atoms in total. The third kappa shape index (κ3) is 3.74. The molecule has 4 heteroatoms. The molecular formula is C15H22N2OS. The van der Waals surface area contributed by atoms with Gasteiger partial charge in [0.15, 0.2) is 0 Å². The van der Waals surface area contributed by atoms with E-state index in [0.29, 0.717) is 12.5 Å². The van der Waals surface area contributed by atoms with Crippen molar-refractivity contribution in [3.8, 4) is 0 Å².